The molecule has 33 heavy (non-hydrogen) atoms. The highest BCUT2D eigenvalue weighted by molar-refractivity contribution is 9.10. The summed E-state index contributed by atoms with van der Waals surface area (Å²) in [6, 6.07) is 12.4. The largest absolute Gasteiger partial charge is 0.543 e. The van der Waals surface area contributed by atoms with E-state index in [0.29, 0.717) is 13.2 Å². The molecule has 0 aliphatic heterocycles. The van der Waals surface area contributed by atoms with Gasteiger partial charge in [0.15, 0.2) is 0 Å². The van der Waals surface area contributed by atoms with Crippen LogP contribution >= 0.6 is 31.9 Å². The molecule has 184 valence electrons. The van der Waals surface area contributed by atoms with Crippen molar-refractivity contribution < 1.29 is 13.6 Å². The van der Waals surface area contributed by atoms with Gasteiger partial charge in [0.1, 0.15) is 11.5 Å². The van der Waals surface area contributed by atoms with Gasteiger partial charge in [-0.2, -0.15) is 0 Å². The van der Waals surface area contributed by atoms with Crippen LogP contribution in [0.25, 0.3) is 0 Å². The number of hydrogen-bond acceptors (Lipinski definition) is 3. The molecular formula is C26H40Br2O3Si2. The molecule has 0 heterocycles. The van der Waals surface area contributed by atoms with Crippen LogP contribution < -0.4 is 8.85 Å². The first-order valence-corrected chi connectivity index (χ1v) is 18.9. The molecular weight excluding hydrogens is 576 g/mol. The van der Waals surface area contributed by atoms with Crippen molar-refractivity contribution in [3.8, 4) is 11.5 Å². The van der Waals surface area contributed by atoms with Crippen LogP contribution in [-0.2, 0) is 18.0 Å². The predicted molar refractivity (Wildman–Crippen MR) is 152 cm³/mol. The van der Waals surface area contributed by atoms with Crippen molar-refractivity contribution in [2.24, 2.45) is 0 Å². The molecule has 0 bridgehead atoms. The maximum atomic E-state index is 6.61. The van der Waals surface area contributed by atoms with Crippen LogP contribution in [0.2, 0.25) is 36.3 Å². The molecule has 0 aromatic heterocycles. The van der Waals surface area contributed by atoms with Gasteiger partial charge in [-0.25, -0.2) is 0 Å². The number of benzene rings is 2. The third-order valence-corrected chi connectivity index (χ3v) is 16.6. The van der Waals surface area contributed by atoms with Crippen molar-refractivity contribution in [2.45, 2.75) is 91.0 Å². The quantitative estimate of drug-likeness (QED) is 0.277. The van der Waals surface area contributed by atoms with Crippen molar-refractivity contribution in [3.63, 3.8) is 0 Å². The Kier molecular flexibility index (Phi) is 9.17. The van der Waals surface area contributed by atoms with Crippen molar-refractivity contribution in [1.29, 1.82) is 0 Å². The van der Waals surface area contributed by atoms with E-state index in [1.165, 1.54) is 0 Å². The van der Waals surface area contributed by atoms with Crippen molar-refractivity contribution >= 4 is 48.5 Å². The Morgan fingerprint density at radius 3 is 1.27 bits per heavy atom. The fraction of sp³-hybridized carbons (Fsp3) is 0.538. The van der Waals surface area contributed by atoms with Gasteiger partial charge in [0.25, 0.3) is 0 Å². The van der Waals surface area contributed by atoms with Gasteiger partial charge in [-0.1, -0.05) is 73.4 Å². The third kappa shape index (κ3) is 7.69. The van der Waals surface area contributed by atoms with Crippen LogP contribution in [0.3, 0.4) is 0 Å². The Morgan fingerprint density at radius 1 is 0.636 bits per heavy atom. The lowest BCUT2D eigenvalue weighted by Crippen LogP contribution is -2.44. The lowest BCUT2D eigenvalue weighted by molar-refractivity contribution is 0.105. The minimum atomic E-state index is -1.95. The lowest BCUT2D eigenvalue weighted by atomic mass is 10.2. The average molecular weight is 617 g/mol. The minimum absolute atomic E-state index is 0.129. The first kappa shape index (κ1) is 28.6. The number of hydrogen-bond donors (Lipinski definition) is 0. The molecule has 0 unspecified atom stereocenters. The molecule has 2 rings (SSSR count). The second kappa shape index (κ2) is 10.6. The topological polar surface area (TPSA) is 27.7 Å². The van der Waals surface area contributed by atoms with Crippen LogP contribution in [-0.4, -0.2) is 16.6 Å². The van der Waals surface area contributed by atoms with E-state index >= 15 is 0 Å². The molecule has 0 fully saturated rings. The standard InChI is InChI=1S/C26H40Br2O3Si2/c1-25(2,3)32(7,8)30-23-13-11-21(27)15-19(23)17-29-18-20-16-22(28)12-14-24(20)31-33(9,10)26(4,5)6/h11-16H,17-18H2,1-10H3. The van der Waals surface area contributed by atoms with Crippen molar-refractivity contribution in [3.05, 3.63) is 56.5 Å². The minimum Gasteiger partial charge on any atom is -0.543 e. The normalized spacial score (nSPS) is 13.2. The Labute approximate surface area is 220 Å². The highest BCUT2D eigenvalue weighted by atomic mass is 79.9. The van der Waals surface area contributed by atoms with Gasteiger partial charge < -0.3 is 13.6 Å². The van der Waals surface area contributed by atoms with E-state index in [4.69, 9.17) is 13.6 Å². The summed E-state index contributed by atoms with van der Waals surface area (Å²) >= 11 is 7.21. The van der Waals surface area contributed by atoms with E-state index in [1.54, 1.807) is 0 Å². The summed E-state index contributed by atoms with van der Waals surface area (Å²) in [5, 5.41) is 0.259. The lowest BCUT2D eigenvalue weighted by Gasteiger charge is -2.37. The maximum Gasteiger partial charge on any atom is 0.250 e. The van der Waals surface area contributed by atoms with Gasteiger partial charge in [-0.3, -0.25) is 0 Å². The maximum absolute atomic E-state index is 6.61. The van der Waals surface area contributed by atoms with Gasteiger partial charge in [0, 0.05) is 20.1 Å². The molecule has 3 nitrogen and oxygen atoms in total. The summed E-state index contributed by atoms with van der Waals surface area (Å²) in [5.41, 5.74) is 2.10. The molecule has 2 aromatic carbocycles. The number of ether oxygens (including phenoxy) is 1. The van der Waals surface area contributed by atoms with E-state index in [-0.39, 0.29) is 10.1 Å². The molecule has 0 saturated heterocycles. The van der Waals surface area contributed by atoms with E-state index in [1.807, 2.05) is 24.3 Å². The molecule has 0 radical (unpaired) electrons. The Hall–Kier alpha value is -0.606. The smallest absolute Gasteiger partial charge is 0.250 e. The molecule has 0 N–H and O–H groups in total. The van der Waals surface area contributed by atoms with Gasteiger partial charge in [0.05, 0.1) is 13.2 Å². The Bertz CT molecular complexity index is 883. The highest BCUT2D eigenvalue weighted by Crippen LogP contribution is 2.40. The van der Waals surface area contributed by atoms with Crippen LogP contribution in [0.1, 0.15) is 52.7 Å². The van der Waals surface area contributed by atoms with E-state index in [0.717, 1.165) is 31.6 Å². The van der Waals surface area contributed by atoms with Crippen molar-refractivity contribution in [1.82, 2.24) is 0 Å². The van der Waals surface area contributed by atoms with E-state index in [9.17, 15) is 0 Å². The highest BCUT2D eigenvalue weighted by Gasteiger charge is 2.40. The molecule has 0 amide bonds. The zero-order valence-corrected chi connectivity index (χ0v) is 27.0. The second-order valence-electron chi connectivity index (χ2n) is 11.7. The second-order valence-corrected chi connectivity index (χ2v) is 23.0. The summed E-state index contributed by atoms with van der Waals surface area (Å²) in [6.07, 6.45) is 0. The Balaban J connectivity index is 2.21. The summed E-state index contributed by atoms with van der Waals surface area (Å²) in [4.78, 5) is 0. The fourth-order valence-corrected chi connectivity index (χ4v) is 5.57. The SMILES string of the molecule is CC(C)(C)[Si](C)(C)Oc1ccc(Br)cc1COCc1cc(Br)ccc1O[Si](C)(C)C(C)(C)C. The molecule has 0 spiro atoms. The van der Waals surface area contributed by atoms with Crippen LogP contribution in [0.15, 0.2) is 45.3 Å². The molecule has 0 saturated carbocycles. The first-order chi connectivity index (χ1) is 14.9. The van der Waals surface area contributed by atoms with Crippen LogP contribution in [0.5, 0.6) is 11.5 Å². The number of halogens is 2. The predicted octanol–water partition coefficient (Wildman–Crippen LogP) is 9.70. The molecule has 0 aliphatic carbocycles. The van der Waals surface area contributed by atoms with Gasteiger partial charge in [-0.05, 0) is 72.7 Å². The fourth-order valence-electron chi connectivity index (χ4n) is 2.65. The molecule has 0 atom stereocenters. The van der Waals surface area contributed by atoms with Crippen LogP contribution in [0, 0.1) is 0 Å². The zero-order valence-electron chi connectivity index (χ0n) is 21.9. The summed E-state index contributed by atoms with van der Waals surface area (Å²) in [5.74, 6) is 1.83. The van der Waals surface area contributed by atoms with Gasteiger partial charge >= 0.3 is 0 Å². The van der Waals surface area contributed by atoms with E-state index in [2.05, 4.69) is 112 Å². The first-order valence-electron chi connectivity index (χ1n) is 11.5. The van der Waals surface area contributed by atoms with Crippen molar-refractivity contribution in [2.75, 3.05) is 0 Å². The summed E-state index contributed by atoms with van der Waals surface area (Å²) in [7, 11) is -3.90. The van der Waals surface area contributed by atoms with Crippen LogP contribution in [0.4, 0.5) is 0 Å². The Morgan fingerprint density at radius 2 is 0.970 bits per heavy atom. The summed E-state index contributed by atoms with van der Waals surface area (Å²) < 4.78 is 21.5. The van der Waals surface area contributed by atoms with Gasteiger partial charge in [0.2, 0.25) is 16.6 Å². The summed E-state index contributed by atoms with van der Waals surface area (Å²) in [6.45, 7) is 23.5. The van der Waals surface area contributed by atoms with Gasteiger partial charge in [-0.15, -0.1) is 0 Å². The number of rotatable bonds is 8. The molecule has 0 aliphatic rings. The molecule has 2 aromatic rings. The molecule has 7 heteroatoms. The third-order valence-electron chi connectivity index (χ3n) is 6.90. The van der Waals surface area contributed by atoms with E-state index < -0.39 is 16.6 Å². The average Bonchev–Trinajstić information content (AvgIpc) is 2.64. The zero-order chi connectivity index (χ0) is 25.2. The monoisotopic (exact) mass is 614 g/mol.